The van der Waals surface area contributed by atoms with Crippen molar-refractivity contribution in [1.82, 2.24) is 14.9 Å². The highest BCUT2D eigenvalue weighted by Gasteiger charge is 2.25. The summed E-state index contributed by atoms with van der Waals surface area (Å²) in [7, 11) is 1.64. The molecule has 1 amide bonds. The summed E-state index contributed by atoms with van der Waals surface area (Å²) in [6.07, 6.45) is -0.275. The minimum Gasteiger partial charge on any atom is -0.497 e. The zero-order valence-electron chi connectivity index (χ0n) is 17.0. The summed E-state index contributed by atoms with van der Waals surface area (Å²) in [5.41, 5.74) is 1.59. The molecule has 0 saturated carbocycles. The molecule has 0 radical (unpaired) electrons. The summed E-state index contributed by atoms with van der Waals surface area (Å²) in [6, 6.07) is 13.3. The van der Waals surface area contributed by atoms with Crippen molar-refractivity contribution in [2.24, 2.45) is 0 Å². The van der Waals surface area contributed by atoms with Crippen molar-refractivity contribution in [3.63, 3.8) is 0 Å². The molecule has 8 heteroatoms. The monoisotopic (exact) mass is 426 g/mol. The molecule has 4 rings (SSSR count). The summed E-state index contributed by atoms with van der Waals surface area (Å²) in [6.45, 7) is 4.60. The normalized spacial score (nSPS) is 14.1. The van der Waals surface area contributed by atoms with E-state index in [1.807, 2.05) is 49.4 Å². The molecule has 1 aliphatic heterocycles. The van der Waals surface area contributed by atoms with Gasteiger partial charge >= 0.3 is 6.09 Å². The Morgan fingerprint density at radius 2 is 1.87 bits per heavy atom. The molecule has 0 spiro atoms. The van der Waals surface area contributed by atoms with Gasteiger partial charge in [0.2, 0.25) is 0 Å². The third kappa shape index (κ3) is 3.98. The predicted molar refractivity (Wildman–Crippen MR) is 117 cm³/mol. The van der Waals surface area contributed by atoms with Crippen molar-refractivity contribution in [2.45, 2.75) is 6.92 Å². The third-order valence-electron chi connectivity index (χ3n) is 5.10. The molecule has 1 fully saturated rings. The number of halogens is 1. The third-order valence-corrected chi connectivity index (χ3v) is 5.43. The van der Waals surface area contributed by atoms with Crippen LogP contribution in [0.3, 0.4) is 0 Å². The van der Waals surface area contributed by atoms with E-state index in [0.717, 1.165) is 28.0 Å². The van der Waals surface area contributed by atoms with Gasteiger partial charge in [-0.25, -0.2) is 14.8 Å². The SMILES string of the molecule is CCOC(=O)N1CCN(c2nc(-c3ccccc3Cl)nc3ccc(OC)cc23)CC1. The Hall–Kier alpha value is -3.06. The fraction of sp³-hybridized carbons (Fsp3) is 0.318. The van der Waals surface area contributed by atoms with Crippen molar-refractivity contribution in [3.05, 3.63) is 47.5 Å². The van der Waals surface area contributed by atoms with E-state index in [2.05, 4.69) is 4.90 Å². The van der Waals surface area contributed by atoms with Gasteiger partial charge in [-0.15, -0.1) is 0 Å². The Kier molecular flexibility index (Phi) is 5.90. The number of nitrogens with zero attached hydrogens (tertiary/aromatic N) is 4. The van der Waals surface area contributed by atoms with E-state index in [1.54, 1.807) is 12.0 Å². The van der Waals surface area contributed by atoms with E-state index in [0.29, 0.717) is 43.6 Å². The highest BCUT2D eigenvalue weighted by Crippen LogP contribution is 2.33. The van der Waals surface area contributed by atoms with Gasteiger partial charge in [-0.2, -0.15) is 0 Å². The van der Waals surface area contributed by atoms with Crippen LogP contribution in [0.2, 0.25) is 5.02 Å². The van der Waals surface area contributed by atoms with Crippen LogP contribution in [0, 0.1) is 0 Å². The van der Waals surface area contributed by atoms with Gasteiger partial charge in [0, 0.05) is 37.1 Å². The van der Waals surface area contributed by atoms with E-state index in [1.165, 1.54) is 0 Å². The van der Waals surface area contributed by atoms with Crippen LogP contribution in [0.25, 0.3) is 22.3 Å². The van der Waals surface area contributed by atoms with E-state index in [-0.39, 0.29) is 6.09 Å². The van der Waals surface area contributed by atoms with Crippen LogP contribution in [0.5, 0.6) is 5.75 Å². The topological polar surface area (TPSA) is 67.8 Å². The number of carbonyl (C=O) groups excluding carboxylic acids is 1. The summed E-state index contributed by atoms with van der Waals surface area (Å²) >= 11 is 6.41. The number of fused-ring (bicyclic) bond motifs is 1. The number of carbonyl (C=O) groups is 1. The van der Waals surface area contributed by atoms with Crippen LogP contribution >= 0.6 is 11.6 Å². The quantitative estimate of drug-likeness (QED) is 0.621. The first kappa shape index (κ1) is 20.2. The highest BCUT2D eigenvalue weighted by atomic mass is 35.5. The number of hydrogen-bond acceptors (Lipinski definition) is 6. The van der Waals surface area contributed by atoms with Gasteiger partial charge in [0.1, 0.15) is 11.6 Å². The molecule has 1 aromatic heterocycles. The van der Waals surface area contributed by atoms with E-state index >= 15 is 0 Å². The molecule has 2 aromatic carbocycles. The molecule has 0 bridgehead atoms. The Labute approximate surface area is 180 Å². The molecule has 2 heterocycles. The lowest BCUT2D eigenvalue weighted by Crippen LogP contribution is -2.49. The van der Waals surface area contributed by atoms with Crippen LogP contribution in [-0.4, -0.2) is 60.9 Å². The summed E-state index contributed by atoms with van der Waals surface area (Å²) in [4.78, 5) is 25.5. The van der Waals surface area contributed by atoms with Crippen molar-refractivity contribution in [1.29, 1.82) is 0 Å². The zero-order valence-corrected chi connectivity index (χ0v) is 17.7. The van der Waals surface area contributed by atoms with Crippen LogP contribution < -0.4 is 9.64 Å². The number of benzene rings is 2. The molecule has 30 heavy (non-hydrogen) atoms. The summed E-state index contributed by atoms with van der Waals surface area (Å²) in [5.74, 6) is 2.11. The average Bonchev–Trinajstić information content (AvgIpc) is 2.78. The van der Waals surface area contributed by atoms with Gasteiger partial charge in [-0.3, -0.25) is 0 Å². The van der Waals surface area contributed by atoms with E-state index < -0.39 is 0 Å². The standard InChI is InChI=1S/C22H23ClN4O3/c1-3-30-22(28)27-12-10-26(11-13-27)21-17-14-15(29-2)8-9-19(17)24-20(25-21)16-6-4-5-7-18(16)23/h4-9,14H,3,10-13H2,1-2H3. The number of amides is 1. The van der Waals surface area contributed by atoms with Gasteiger partial charge < -0.3 is 19.3 Å². The number of piperazine rings is 1. The van der Waals surface area contributed by atoms with E-state index in [9.17, 15) is 4.79 Å². The van der Waals surface area contributed by atoms with Crippen molar-refractivity contribution >= 4 is 34.4 Å². The fourth-order valence-electron chi connectivity index (χ4n) is 3.54. The minimum absolute atomic E-state index is 0.275. The van der Waals surface area contributed by atoms with Gasteiger partial charge in [0.15, 0.2) is 5.82 Å². The first-order chi connectivity index (χ1) is 14.6. The number of rotatable bonds is 4. The van der Waals surface area contributed by atoms with Crippen LogP contribution in [-0.2, 0) is 4.74 Å². The molecule has 0 aliphatic carbocycles. The molecular weight excluding hydrogens is 404 g/mol. The number of hydrogen-bond donors (Lipinski definition) is 0. The minimum atomic E-state index is -0.275. The number of methoxy groups -OCH3 is 1. The molecule has 156 valence electrons. The molecule has 3 aromatic rings. The predicted octanol–water partition coefficient (Wildman–Crippen LogP) is 4.24. The lowest BCUT2D eigenvalue weighted by molar-refractivity contribution is 0.105. The largest absolute Gasteiger partial charge is 0.497 e. The number of anilines is 1. The van der Waals surface area contributed by atoms with E-state index in [4.69, 9.17) is 31.0 Å². The summed E-state index contributed by atoms with van der Waals surface area (Å²) < 4.78 is 10.5. The smallest absolute Gasteiger partial charge is 0.409 e. The molecule has 0 unspecified atom stereocenters. The second-order valence-electron chi connectivity index (χ2n) is 6.91. The Balaban J connectivity index is 1.74. The Bertz CT molecular complexity index is 1070. The Morgan fingerprint density at radius 1 is 1.10 bits per heavy atom. The fourth-order valence-corrected chi connectivity index (χ4v) is 3.76. The van der Waals surface area contributed by atoms with Gasteiger partial charge in [0.25, 0.3) is 0 Å². The van der Waals surface area contributed by atoms with Gasteiger partial charge in [0.05, 0.1) is 24.3 Å². The van der Waals surface area contributed by atoms with Crippen molar-refractivity contribution in [2.75, 3.05) is 44.8 Å². The molecule has 0 N–H and O–H groups in total. The second kappa shape index (κ2) is 8.75. The number of ether oxygens (including phenoxy) is 2. The molecule has 7 nitrogen and oxygen atoms in total. The molecule has 1 saturated heterocycles. The highest BCUT2D eigenvalue weighted by molar-refractivity contribution is 6.33. The Morgan fingerprint density at radius 3 is 2.57 bits per heavy atom. The summed E-state index contributed by atoms with van der Waals surface area (Å²) in [5, 5.41) is 1.50. The lowest BCUT2D eigenvalue weighted by atomic mass is 10.1. The molecule has 0 atom stereocenters. The van der Waals surface area contributed by atoms with Crippen LogP contribution in [0.4, 0.5) is 10.6 Å². The van der Waals surface area contributed by atoms with Gasteiger partial charge in [-0.1, -0.05) is 23.7 Å². The average molecular weight is 427 g/mol. The van der Waals surface area contributed by atoms with Gasteiger partial charge in [-0.05, 0) is 37.3 Å². The zero-order chi connectivity index (χ0) is 21.1. The second-order valence-corrected chi connectivity index (χ2v) is 7.31. The lowest BCUT2D eigenvalue weighted by Gasteiger charge is -2.35. The maximum atomic E-state index is 12.0. The maximum absolute atomic E-state index is 12.0. The molecule has 1 aliphatic rings. The molecular formula is C22H23ClN4O3. The first-order valence-corrected chi connectivity index (χ1v) is 10.3. The van der Waals surface area contributed by atoms with Crippen LogP contribution in [0.15, 0.2) is 42.5 Å². The first-order valence-electron chi connectivity index (χ1n) is 9.88. The number of aromatic nitrogens is 2. The van der Waals surface area contributed by atoms with Crippen molar-refractivity contribution < 1.29 is 14.3 Å². The van der Waals surface area contributed by atoms with Crippen LogP contribution in [0.1, 0.15) is 6.92 Å². The maximum Gasteiger partial charge on any atom is 0.409 e. The van der Waals surface area contributed by atoms with Crippen molar-refractivity contribution in [3.8, 4) is 17.1 Å².